The molecule has 2 aromatic rings. The number of nitrogens with zero attached hydrogens (tertiary/aromatic N) is 2. The second kappa shape index (κ2) is 6.42. The van der Waals surface area contributed by atoms with E-state index in [4.69, 9.17) is 4.42 Å². The third-order valence-electron chi connectivity index (χ3n) is 2.93. The topological polar surface area (TPSA) is 89.2 Å². The van der Waals surface area contributed by atoms with Gasteiger partial charge in [0.25, 0.3) is 10.0 Å². The molecule has 2 aromatic heterocycles. The molecule has 0 bridgehead atoms. The Morgan fingerprint density at radius 1 is 1.33 bits per heavy atom. The highest BCUT2D eigenvalue weighted by Crippen LogP contribution is 2.14. The average molecular weight is 312 g/mol. The zero-order valence-electron chi connectivity index (χ0n) is 12.3. The number of sulfonamides is 1. The molecule has 0 saturated heterocycles. The van der Waals surface area contributed by atoms with Crippen molar-refractivity contribution in [1.82, 2.24) is 19.6 Å². The maximum absolute atomic E-state index is 12.1. The van der Waals surface area contributed by atoms with E-state index in [-0.39, 0.29) is 11.6 Å². The van der Waals surface area contributed by atoms with Crippen LogP contribution in [0.2, 0.25) is 0 Å². The molecular weight excluding hydrogens is 292 g/mol. The highest BCUT2D eigenvalue weighted by Gasteiger charge is 2.19. The minimum absolute atomic E-state index is 0.0859. The summed E-state index contributed by atoms with van der Waals surface area (Å²) in [6.45, 7) is 4.63. The average Bonchev–Trinajstić information content (AvgIpc) is 3.03. The van der Waals surface area contributed by atoms with E-state index < -0.39 is 10.0 Å². The summed E-state index contributed by atoms with van der Waals surface area (Å²) < 4.78 is 33.8. The lowest BCUT2D eigenvalue weighted by Crippen LogP contribution is -2.24. The molecule has 0 aliphatic heterocycles. The molecule has 0 aliphatic rings. The predicted octanol–water partition coefficient (Wildman–Crippen LogP) is 0.990. The molecule has 0 unspecified atom stereocenters. The first-order valence-electron chi connectivity index (χ1n) is 6.66. The maximum atomic E-state index is 12.1. The Hall–Kier alpha value is -1.64. The second-order valence-electron chi connectivity index (χ2n) is 5.04. The molecule has 2 N–H and O–H groups in total. The van der Waals surface area contributed by atoms with Crippen molar-refractivity contribution in [2.24, 2.45) is 7.05 Å². The van der Waals surface area contributed by atoms with Crippen molar-refractivity contribution in [3.63, 3.8) is 0 Å². The standard InChI is InChI=1S/C13H20N4O3S/c1-10(2)15-8-11-4-5-13(20-11)21(18,19)16-9-12-14-6-7-17(12)3/h4-7,10,15-16H,8-9H2,1-3H3. The van der Waals surface area contributed by atoms with E-state index in [0.29, 0.717) is 24.2 Å². The monoisotopic (exact) mass is 312 g/mol. The fourth-order valence-electron chi connectivity index (χ4n) is 1.70. The van der Waals surface area contributed by atoms with E-state index in [0.717, 1.165) is 0 Å². The molecule has 8 heteroatoms. The molecule has 2 heterocycles. The van der Waals surface area contributed by atoms with Crippen molar-refractivity contribution in [2.45, 2.75) is 38.1 Å². The molecule has 0 saturated carbocycles. The first-order valence-corrected chi connectivity index (χ1v) is 8.15. The molecule has 21 heavy (non-hydrogen) atoms. The molecule has 0 atom stereocenters. The van der Waals surface area contributed by atoms with Gasteiger partial charge in [-0.25, -0.2) is 18.1 Å². The molecule has 0 aliphatic carbocycles. The number of hydrogen-bond acceptors (Lipinski definition) is 5. The summed E-state index contributed by atoms with van der Waals surface area (Å²) in [6, 6.07) is 3.42. The number of furan rings is 1. The van der Waals surface area contributed by atoms with Gasteiger partial charge in [-0.1, -0.05) is 13.8 Å². The van der Waals surface area contributed by atoms with Crippen molar-refractivity contribution >= 4 is 10.0 Å². The number of aromatic nitrogens is 2. The van der Waals surface area contributed by atoms with Crippen LogP contribution in [0.4, 0.5) is 0 Å². The van der Waals surface area contributed by atoms with Crippen molar-refractivity contribution < 1.29 is 12.8 Å². The molecular formula is C13H20N4O3S. The smallest absolute Gasteiger partial charge is 0.274 e. The van der Waals surface area contributed by atoms with Gasteiger partial charge in [-0.3, -0.25) is 0 Å². The van der Waals surface area contributed by atoms with Gasteiger partial charge in [0.2, 0.25) is 5.09 Å². The zero-order valence-corrected chi connectivity index (χ0v) is 13.1. The molecule has 0 fully saturated rings. The molecule has 0 radical (unpaired) electrons. The fraction of sp³-hybridized carbons (Fsp3) is 0.462. The third kappa shape index (κ3) is 4.16. The van der Waals surface area contributed by atoms with Crippen molar-refractivity contribution in [2.75, 3.05) is 0 Å². The molecule has 0 spiro atoms. The van der Waals surface area contributed by atoms with Crippen LogP contribution in [-0.4, -0.2) is 24.0 Å². The van der Waals surface area contributed by atoms with E-state index in [1.807, 2.05) is 13.8 Å². The normalized spacial score (nSPS) is 12.2. The Labute approximate surface area is 124 Å². The van der Waals surface area contributed by atoms with Crippen molar-refractivity contribution in [3.05, 3.63) is 36.1 Å². The maximum Gasteiger partial charge on any atom is 0.274 e. The summed E-state index contributed by atoms with van der Waals surface area (Å²) in [4.78, 5) is 4.06. The third-order valence-corrected chi connectivity index (χ3v) is 4.20. The van der Waals surface area contributed by atoms with Crippen molar-refractivity contribution in [3.8, 4) is 0 Å². The lowest BCUT2D eigenvalue weighted by atomic mass is 10.3. The quantitative estimate of drug-likeness (QED) is 0.796. The van der Waals surface area contributed by atoms with Crippen LogP contribution in [0.15, 0.2) is 34.0 Å². The minimum atomic E-state index is -3.67. The van der Waals surface area contributed by atoms with Crippen LogP contribution in [0, 0.1) is 0 Å². The Bertz CT molecular complexity index is 688. The summed E-state index contributed by atoms with van der Waals surface area (Å²) in [5.41, 5.74) is 0. The van der Waals surface area contributed by atoms with Crippen LogP contribution in [-0.2, 0) is 30.2 Å². The second-order valence-corrected chi connectivity index (χ2v) is 6.73. The number of rotatable bonds is 7. The van der Waals surface area contributed by atoms with Crippen LogP contribution in [0.1, 0.15) is 25.4 Å². The van der Waals surface area contributed by atoms with Crippen LogP contribution in [0.5, 0.6) is 0 Å². The Balaban J connectivity index is 2.01. The van der Waals surface area contributed by atoms with E-state index in [1.54, 1.807) is 30.1 Å². The SMILES string of the molecule is CC(C)NCc1ccc(S(=O)(=O)NCc2nccn2C)o1. The summed E-state index contributed by atoms with van der Waals surface area (Å²) in [5, 5.41) is 3.08. The Morgan fingerprint density at radius 3 is 2.71 bits per heavy atom. The predicted molar refractivity (Wildman–Crippen MR) is 77.9 cm³/mol. The highest BCUT2D eigenvalue weighted by atomic mass is 32.2. The van der Waals surface area contributed by atoms with Gasteiger partial charge in [0.15, 0.2) is 0 Å². The Morgan fingerprint density at radius 2 is 2.10 bits per heavy atom. The van der Waals surface area contributed by atoms with Gasteiger partial charge in [-0.2, -0.15) is 0 Å². The van der Waals surface area contributed by atoms with Gasteiger partial charge in [-0.05, 0) is 12.1 Å². The summed E-state index contributed by atoms with van der Waals surface area (Å²) >= 11 is 0. The van der Waals surface area contributed by atoms with E-state index in [1.165, 1.54) is 6.07 Å². The number of imidazole rings is 1. The van der Waals surface area contributed by atoms with E-state index >= 15 is 0 Å². The number of hydrogen-bond donors (Lipinski definition) is 2. The first-order chi connectivity index (χ1) is 9.88. The van der Waals surface area contributed by atoms with Gasteiger partial charge >= 0.3 is 0 Å². The van der Waals surface area contributed by atoms with Gasteiger partial charge in [0, 0.05) is 25.5 Å². The lowest BCUT2D eigenvalue weighted by molar-refractivity contribution is 0.393. The summed E-state index contributed by atoms with van der Waals surface area (Å²) in [6.07, 6.45) is 3.37. The number of aryl methyl sites for hydroxylation is 1. The Kier molecular flexibility index (Phi) is 4.81. The van der Waals surface area contributed by atoms with Gasteiger partial charge < -0.3 is 14.3 Å². The van der Waals surface area contributed by atoms with E-state index in [2.05, 4.69) is 15.0 Å². The largest absolute Gasteiger partial charge is 0.447 e. The highest BCUT2D eigenvalue weighted by molar-refractivity contribution is 7.89. The van der Waals surface area contributed by atoms with Crippen LogP contribution < -0.4 is 10.0 Å². The fourth-order valence-corrected chi connectivity index (χ4v) is 2.63. The molecule has 0 aromatic carbocycles. The van der Waals surface area contributed by atoms with Crippen LogP contribution in [0.3, 0.4) is 0 Å². The summed E-state index contributed by atoms with van der Waals surface area (Å²) in [5.74, 6) is 1.22. The van der Waals surface area contributed by atoms with Gasteiger partial charge in [0.05, 0.1) is 13.1 Å². The van der Waals surface area contributed by atoms with Crippen LogP contribution in [0.25, 0.3) is 0 Å². The van der Waals surface area contributed by atoms with Crippen molar-refractivity contribution in [1.29, 1.82) is 0 Å². The van der Waals surface area contributed by atoms with Gasteiger partial charge in [-0.15, -0.1) is 0 Å². The summed E-state index contributed by atoms with van der Waals surface area (Å²) in [7, 11) is -1.86. The molecule has 116 valence electrons. The molecule has 0 amide bonds. The number of nitrogens with one attached hydrogen (secondary N) is 2. The van der Waals surface area contributed by atoms with Crippen LogP contribution >= 0.6 is 0 Å². The lowest BCUT2D eigenvalue weighted by Gasteiger charge is -2.06. The first kappa shape index (κ1) is 15.7. The van der Waals surface area contributed by atoms with Gasteiger partial charge in [0.1, 0.15) is 11.6 Å². The molecule has 7 nitrogen and oxygen atoms in total. The zero-order chi connectivity index (χ0) is 15.5. The van der Waals surface area contributed by atoms with E-state index in [9.17, 15) is 8.42 Å². The minimum Gasteiger partial charge on any atom is -0.447 e. The molecule has 2 rings (SSSR count).